The van der Waals surface area contributed by atoms with E-state index in [1.54, 1.807) is 6.92 Å². The van der Waals surface area contributed by atoms with Gasteiger partial charge in [0.15, 0.2) is 0 Å². The average molecular weight is 150 g/mol. The first-order valence-electron chi connectivity index (χ1n) is 2.71. The van der Waals surface area contributed by atoms with Gasteiger partial charge in [-0.3, -0.25) is 4.79 Å². The number of hydrogen-bond acceptors (Lipinski definition) is 3. The molecule has 4 heteroatoms. The summed E-state index contributed by atoms with van der Waals surface area (Å²) in [6.07, 6.45) is 1.66. The molecule has 0 aromatic carbocycles. The van der Waals surface area contributed by atoms with Crippen molar-refractivity contribution in [2.75, 3.05) is 6.26 Å². The van der Waals surface area contributed by atoms with E-state index in [0.29, 0.717) is 6.42 Å². The molecule has 0 bridgehead atoms. The van der Waals surface area contributed by atoms with Gasteiger partial charge in [-0.2, -0.15) is 0 Å². The quantitative estimate of drug-likeness (QED) is 0.571. The van der Waals surface area contributed by atoms with E-state index in [0.717, 1.165) is 6.26 Å². The minimum atomic E-state index is -3.40. The van der Waals surface area contributed by atoms with Crippen LogP contribution < -0.4 is 0 Å². The molecule has 0 aliphatic carbocycles. The minimum absolute atomic E-state index is 0.138. The van der Waals surface area contributed by atoms with Crippen molar-refractivity contribution in [3.8, 4) is 0 Å². The van der Waals surface area contributed by atoms with E-state index in [9.17, 15) is 13.2 Å². The van der Waals surface area contributed by atoms with Gasteiger partial charge < -0.3 is 0 Å². The molecule has 0 atom stereocenters. The van der Waals surface area contributed by atoms with Crippen molar-refractivity contribution < 1.29 is 13.2 Å². The van der Waals surface area contributed by atoms with Gasteiger partial charge in [-0.05, 0) is 6.42 Å². The standard InChI is InChI=1S/C5H10O3S/c1-3-4-5(6)9(2,7)8/h3-4H2,1-2H3. The molecule has 9 heavy (non-hydrogen) atoms. The molecule has 0 spiro atoms. The van der Waals surface area contributed by atoms with Crippen LogP contribution >= 0.6 is 0 Å². The van der Waals surface area contributed by atoms with Gasteiger partial charge in [0.25, 0.3) is 0 Å². The maximum atomic E-state index is 10.5. The lowest BCUT2D eigenvalue weighted by molar-refractivity contribution is -0.111. The summed E-state index contributed by atoms with van der Waals surface area (Å²) in [7, 11) is -3.40. The summed E-state index contributed by atoms with van der Waals surface area (Å²) in [6, 6.07) is 0. The molecular formula is C5H10O3S. The van der Waals surface area contributed by atoms with Gasteiger partial charge in [0.05, 0.1) is 0 Å². The van der Waals surface area contributed by atoms with E-state index < -0.39 is 15.0 Å². The van der Waals surface area contributed by atoms with Crippen LogP contribution in [0.4, 0.5) is 0 Å². The summed E-state index contributed by atoms with van der Waals surface area (Å²) in [5, 5.41) is -0.662. The monoisotopic (exact) mass is 150 g/mol. The number of carbonyl (C=O) groups excluding carboxylic acids is 1. The van der Waals surface area contributed by atoms with Gasteiger partial charge in [0, 0.05) is 12.7 Å². The Balaban J connectivity index is 4.08. The number of rotatable bonds is 2. The summed E-state index contributed by atoms with van der Waals surface area (Å²) in [5.74, 6) is 0. The van der Waals surface area contributed by atoms with Crippen molar-refractivity contribution in [1.82, 2.24) is 0 Å². The summed E-state index contributed by atoms with van der Waals surface area (Å²) in [6.45, 7) is 1.77. The number of carbonyl (C=O) groups is 1. The van der Waals surface area contributed by atoms with Crippen LogP contribution in [0.15, 0.2) is 0 Å². The fraction of sp³-hybridized carbons (Fsp3) is 0.800. The Morgan fingerprint density at radius 1 is 1.44 bits per heavy atom. The van der Waals surface area contributed by atoms with Gasteiger partial charge in [-0.15, -0.1) is 0 Å². The van der Waals surface area contributed by atoms with Crippen LogP contribution in [0.2, 0.25) is 0 Å². The molecule has 0 aliphatic heterocycles. The smallest absolute Gasteiger partial charge is 0.246 e. The van der Waals surface area contributed by atoms with Gasteiger partial charge in [-0.1, -0.05) is 6.92 Å². The zero-order valence-electron chi connectivity index (χ0n) is 5.55. The van der Waals surface area contributed by atoms with Crippen LogP contribution in [-0.4, -0.2) is 19.8 Å². The van der Waals surface area contributed by atoms with E-state index in [-0.39, 0.29) is 6.42 Å². The normalized spacial score (nSPS) is 11.3. The van der Waals surface area contributed by atoms with Crippen molar-refractivity contribution in [2.24, 2.45) is 0 Å². The molecule has 0 N–H and O–H groups in total. The van der Waals surface area contributed by atoms with E-state index in [2.05, 4.69) is 0 Å². The van der Waals surface area contributed by atoms with Crippen molar-refractivity contribution in [1.29, 1.82) is 0 Å². The lowest BCUT2D eigenvalue weighted by atomic mass is 10.4. The van der Waals surface area contributed by atoms with Crippen LogP contribution in [0.1, 0.15) is 19.8 Å². The van der Waals surface area contributed by atoms with Crippen LogP contribution in [0.3, 0.4) is 0 Å². The largest absolute Gasteiger partial charge is 0.282 e. The Bertz CT molecular complexity index is 190. The molecule has 0 unspecified atom stereocenters. The Morgan fingerprint density at radius 3 is 2.00 bits per heavy atom. The summed E-state index contributed by atoms with van der Waals surface area (Å²) in [5.41, 5.74) is 0. The van der Waals surface area contributed by atoms with Gasteiger partial charge >= 0.3 is 0 Å². The first-order valence-corrected chi connectivity index (χ1v) is 4.60. The summed E-state index contributed by atoms with van der Waals surface area (Å²) in [4.78, 5) is 10.5. The fourth-order valence-corrected chi connectivity index (χ4v) is 0.964. The number of sulfone groups is 1. The first-order chi connectivity index (χ1) is 3.98. The third kappa shape index (κ3) is 3.24. The Hall–Kier alpha value is -0.380. The summed E-state index contributed by atoms with van der Waals surface area (Å²) < 4.78 is 20.7. The maximum absolute atomic E-state index is 10.5. The predicted octanol–water partition coefficient (Wildman–Crippen LogP) is 0.358. The van der Waals surface area contributed by atoms with Crippen molar-refractivity contribution >= 4 is 15.0 Å². The molecule has 0 radical (unpaired) electrons. The lowest BCUT2D eigenvalue weighted by Crippen LogP contribution is -2.11. The van der Waals surface area contributed by atoms with E-state index >= 15 is 0 Å². The molecule has 0 saturated carbocycles. The van der Waals surface area contributed by atoms with Gasteiger partial charge in [0.2, 0.25) is 15.0 Å². The molecule has 54 valence electrons. The summed E-state index contributed by atoms with van der Waals surface area (Å²) >= 11 is 0. The molecule has 0 fully saturated rings. The zero-order chi connectivity index (χ0) is 7.49. The van der Waals surface area contributed by atoms with E-state index in [1.807, 2.05) is 0 Å². The highest BCUT2D eigenvalue weighted by atomic mass is 32.2. The van der Waals surface area contributed by atoms with Crippen LogP contribution in [0.5, 0.6) is 0 Å². The molecule has 0 rings (SSSR count). The predicted molar refractivity (Wildman–Crippen MR) is 34.8 cm³/mol. The van der Waals surface area contributed by atoms with Gasteiger partial charge in [-0.25, -0.2) is 8.42 Å². The average Bonchev–Trinajstić information content (AvgIpc) is 1.64. The second kappa shape index (κ2) is 2.96. The Kier molecular flexibility index (Phi) is 2.84. The van der Waals surface area contributed by atoms with Crippen molar-refractivity contribution in [3.05, 3.63) is 0 Å². The third-order valence-corrected chi connectivity index (χ3v) is 1.90. The van der Waals surface area contributed by atoms with E-state index in [1.165, 1.54) is 0 Å². The highest BCUT2D eigenvalue weighted by Crippen LogP contribution is 1.94. The third-order valence-electron chi connectivity index (χ3n) is 0.868. The van der Waals surface area contributed by atoms with Crippen molar-refractivity contribution in [3.63, 3.8) is 0 Å². The Morgan fingerprint density at radius 2 is 1.89 bits per heavy atom. The minimum Gasteiger partial charge on any atom is -0.282 e. The van der Waals surface area contributed by atoms with Crippen LogP contribution in [0, 0.1) is 0 Å². The topological polar surface area (TPSA) is 51.2 Å². The van der Waals surface area contributed by atoms with Crippen LogP contribution in [0.25, 0.3) is 0 Å². The molecule has 0 saturated heterocycles. The second-order valence-electron chi connectivity index (χ2n) is 1.89. The molecule has 0 aromatic heterocycles. The highest BCUT2D eigenvalue weighted by molar-refractivity contribution is 8.05. The lowest BCUT2D eigenvalue weighted by Gasteiger charge is -1.91. The molecule has 0 aliphatic rings. The Labute approximate surface area is 55.0 Å². The maximum Gasteiger partial charge on any atom is 0.246 e. The van der Waals surface area contributed by atoms with Gasteiger partial charge in [0.1, 0.15) is 0 Å². The van der Waals surface area contributed by atoms with E-state index in [4.69, 9.17) is 0 Å². The SMILES string of the molecule is CCCC(=O)S(C)(=O)=O. The highest BCUT2D eigenvalue weighted by Gasteiger charge is 2.12. The molecular weight excluding hydrogens is 140 g/mol. The second-order valence-corrected chi connectivity index (χ2v) is 3.89. The first kappa shape index (κ1) is 8.62. The van der Waals surface area contributed by atoms with Crippen molar-refractivity contribution in [2.45, 2.75) is 19.8 Å². The molecule has 0 aromatic rings. The number of hydrogen-bond donors (Lipinski definition) is 0. The molecule has 0 amide bonds. The molecule has 3 nitrogen and oxygen atoms in total. The molecule has 0 heterocycles. The zero-order valence-corrected chi connectivity index (χ0v) is 6.36. The fourth-order valence-electron chi connectivity index (χ4n) is 0.390. The van der Waals surface area contributed by atoms with Crippen LogP contribution in [-0.2, 0) is 14.6 Å².